The summed E-state index contributed by atoms with van der Waals surface area (Å²) in [7, 11) is 1.59. The zero-order valence-corrected chi connectivity index (χ0v) is 16.7. The fourth-order valence-electron chi connectivity index (χ4n) is 4.26. The third kappa shape index (κ3) is 4.25. The van der Waals surface area contributed by atoms with Gasteiger partial charge >= 0.3 is 6.18 Å². The number of hydrogen-bond donors (Lipinski definition) is 0. The highest BCUT2D eigenvalue weighted by Crippen LogP contribution is 2.39. The number of benzene rings is 2. The van der Waals surface area contributed by atoms with Crippen LogP contribution in [0, 0.1) is 0 Å². The van der Waals surface area contributed by atoms with E-state index in [1.807, 2.05) is 18.2 Å². The minimum Gasteiger partial charge on any atom is -0.493 e. The first-order chi connectivity index (χ1) is 14.3. The van der Waals surface area contributed by atoms with Crippen LogP contribution in [0.2, 0.25) is 0 Å². The maximum absolute atomic E-state index is 13.0. The van der Waals surface area contributed by atoms with Crippen molar-refractivity contribution in [3.05, 3.63) is 53.6 Å². The molecule has 0 radical (unpaired) electrons. The van der Waals surface area contributed by atoms with Crippen molar-refractivity contribution in [3.63, 3.8) is 0 Å². The Morgan fingerprint density at radius 1 is 1.03 bits per heavy atom. The molecule has 0 bridgehead atoms. The van der Waals surface area contributed by atoms with Crippen LogP contribution in [0.3, 0.4) is 0 Å². The highest BCUT2D eigenvalue weighted by Gasteiger charge is 2.35. The predicted molar refractivity (Wildman–Crippen MR) is 107 cm³/mol. The summed E-state index contributed by atoms with van der Waals surface area (Å²) >= 11 is 0. The molecule has 1 atom stereocenters. The van der Waals surface area contributed by atoms with Gasteiger partial charge in [0, 0.05) is 24.6 Å². The molecule has 2 aromatic carbocycles. The molecule has 0 spiro atoms. The number of nitrogens with zero attached hydrogens (tertiary/aromatic N) is 1. The Bertz CT molecular complexity index is 922. The van der Waals surface area contributed by atoms with Gasteiger partial charge in [0.2, 0.25) is 5.91 Å². The number of methoxy groups -OCH3 is 1. The minimum absolute atomic E-state index is 0.121. The molecular weight excluding hydrogens is 395 g/mol. The van der Waals surface area contributed by atoms with E-state index in [9.17, 15) is 18.0 Å². The number of carbonyl (C=O) groups is 1. The van der Waals surface area contributed by atoms with Crippen molar-refractivity contribution >= 4 is 11.6 Å². The molecule has 2 aromatic rings. The second kappa shape index (κ2) is 8.20. The highest BCUT2D eigenvalue weighted by atomic mass is 19.4. The van der Waals surface area contributed by atoms with Gasteiger partial charge in [-0.2, -0.15) is 13.2 Å². The van der Waals surface area contributed by atoms with E-state index in [1.54, 1.807) is 7.11 Å². The van der Waals surface area contributed by atoms with Crippen LogP contribution in [-0.2, 0) is 11.0 Å². The number of alkyl halides is 3. The topological polar surface area (TPSA) is 38.8 Å². The largest absolute Gasteiger partial charge is 0.493 e. The van der Waals surface area contributed by atoms with Crippen molar-refractivity contribution in [1.82, 2.24) is 0 Å². The number of halogens is 3. The Morgan fingerprint density at radius 3 is 2.50 bits per heavy atom. The van der Waals surface area contributed by atoms with Crippen molar-refractivity contribution in [3.8, 4) is 11.5 Å². The lowest BCUT2D eigenvalue weighted by Crippen LogP contribution is -2.24. The molecule has 1 saturated heterocycles. The van der Waals surface area contributed by atoms with Crippen LogP contribution < -0.4 is 14.4 Å². The summed E-state index contributed by atoms with van der Waals surface area (Å²) in [6.45, 7) is 0.329. The molecule has 1 heterocycles. The van der Waals surface area contributed by atoms with Gasteiger partial charge in [0.1, 0.15) is 0 Å². The van der Waals surface area contributed by atoms with Crippen LogP contribution in [0.5, 0.6) is 11.5 Å². The predicted octanol–water partition coefficient (Wildman–Crippen LogP) is 5.56. The molecule has 1 amide bonds. The first-order valence-corrected chi connectivity index (χ1v) is 10.2. The standard InChI is InChI=1S/C23H24F3NO3/c1-29-20-10-9-15(11-21(20)30-19-7-2-3-8-19)16-12-22(28)27(14-16)18-6-4-5-17(13-18)23(24,25)26/h4-6,9-11,13,16,19H,2-3,7-8,12,14H2,1H3/t16-/m0/s1. The van der Waals surface area contributed by atoms with Gasteiger partial charge in [0.05, 0.1) is 18.8 Å². The van der Waals surface area contributed by atoms with Crippen LogP contribution in [0.1, 0.15) is 49.1 Å². The fraction of sp³-hybridized carbons (Fsp3) is 0.435. The highest BCUT2D eigenvalue weighted by molar-refractivity contribution is 5.96. The Kier molecular flexibility index (Phi) is 5.62. The van der Waals surface area contributed by atoms with Crippen LogP contribution >= 0.6 is 0 Å². The SMILES string of the molecule is COc1ccc([C@H]2CC(=O)N(c3cccc(C(F)(F)F)c3)C2)cc1OC1CCCC1. The Morgan fingerprint density at radius 2 is 1.80 bits per heavy atom. The number of rotatable bonds is 5. The number of carbonyl (C=O) groups excluding carboxylic acids is 1. The van der Waals surface area contributed by atoms with E-state index in [-0.39, 0.29) is 30.0 Å². The lowest BCUT2D eigenvalue weighted by molar-refractivity contribution is -0.137. The third-order valence-corrected chi connectivity index (χ3v) is 5.87. The first kappa shape index (κ1) is 20.6. The molecule has 1 aliphatic heterocycles. The molecule has 160 valence electrons. The number of ether oxygens (including phenoxy) is 2. The normalized spacial score (nSPS) is 20.1. The van der Waals surface area contributed by atoms with Gasteiger partial charge in [0.15, 0.2) is 11.5 Å². The molecule has 0 aromatic heterocycles. The van der Waals surface area contributed by atoms with E-state index >= 15 is 0 Å². The van der Waals surface area contributed by atoms with Crippen molar-refractivity contribution in [2.75, 3.05) is 18.6 Å². The monoisotopic (exact) mass is 419 g/mol. The van der Waals surface area contributed by atoms with Crippen molar-refractivity contribution in [2.45, 2.75) is 50.3 Å². The van der Waals surface area contributed by atoms with E-state index in [0.717, 1.165) is 43.4 Å². The van der Waals surface area contributed by atoms with Gasteiger partial charge in [-0.15, -0.1) is 0 Å². The third-order valence-electron chi connectivity index (χ3n) is 5.87. The molecule has 2 aliphatic rings. The summed E-state index contributed by atoms with van der Waals surface area (Å²) in [4.78, 5) is 14.0. The smallest absolute Gasteiger partial charge is 0.416 e. The van der Waals surface area contributed by atoms with Crippen LogP contribution in [0.15, 0.2) is 42.5 Å². The minimum atomic E-state index is -4.44. The summed E-state index contributed by atoms with van der Waals surface area (Å²) in [6.07, 6.45) is 0.287. The summed E-state index contributed by atoms with van der Waals surface area (Å²) < 4.78 is 50.7. The van der Waals surface area contributed by atoms with Gasteiger partial charge in [-0.1, -0.05) is 12.1 Å². The summed E-state index contributed by atoms with van der Waals surface area (Å²) in [5, 5.41) is 0. The van der Waals surface area contributed by atoms with E-state index in [0.29, 0.717) is 18.0 Å². The maximum Gasteiger partial charge on any atom is 0.416 e. The number of amides is 1. The van der Waals surface area contributed by atoms with Crippen LogP contribution in [0.25, 0.3) is 0 Å². The van der Waals surface area contributed by atoms with Gasteiger partial charge < -0.3 is 14.4 Å². The number of anilines is 1. The maximum atomic E-state index is 13.0. The first-order valence-electron chi connectivity index (χ1n) is 10.2. The summed E-state index contributed by atoms with van der Waals surface area (Å²) in [5.41, 5.74) is 0.438. The van der Waals surface area contributed by atoms with Crippen molar-refractivity contribution in [2.24, 2.45) is 0 Å². The second-order valence-electron chi connectivity index (χ2n) is 7.89. The zero-order chi connectivity index (χ0) is 21.3. The lowest BCUT2D eigenvalue weighted by Gasteiger charge is -2.20. The molecule has 30 heavy (non-hydrogen) atoms. The molecule has 1 saturated carbocycles. The molecule has 0 N–H and O–H groups in total. The molecule has 7 heteroatoms. The van der Waals surface area contributed by atoms with E-state index in [1.165, 1.54) is 17.0 Å². The molecule has 4 rings (SSSR count). The second-order valence-corrected chi connectivity index (χ2v) is 7.89. The van der Waals surface area contributed by atoms with E-state index < -0.39 is 11.7 Å². The Balaban J connectivity index is 1.55. The molecule has 2 fully saturated rings. The van der Waals surface area contributed by atoms with Crippen LogP contribution in [0.4, 0.5) is 18.9 Å². The lowest BCUT2D eigenvalue weighted by atomic mass is 9.98. The quantitative estimate of drug-likeness (QED) is 0.637. The number of hydrogen-bond acceptors (Lipinski definition) is 3. The summed E-state index contributed by atoms with van der Waals surface area (Å²) in [5.74, 6) is 0.994. The van der Waals surface area contributed by atoms with Crippen LogP contribution in [-0.4, -0.2) is 25.7 Å². The van der Waals surface area contributed by atoms with Crippen molar-refractivity contribution in [1.29, 1.82) is 0 Å². The Labute approximate surface area is 173 Å². The molecule has 4 nitrogen and oxygen atoms in total. The van der Waals surface area contributed by atoms with Crippen molar-refractivity contribution < 1.29 is 27.4 Å². The van der Waals surface area contributed by atoms with Gasteiger partial charge in [0.25, 0.3) is 0 Å². The molecule has 1 aliphatic carbocycles. The Hall–Kier alpha value is -2.70. The van der Waals surface area contributed by atoms with E-state index in [4.69, 9.17) is 9.47 Å². The van der Waals surface area contributed by atoms with Gasteiger partial charge in [-0.25, -0.2) is 0 Å². The average Bonchev–Trinajstić information content (AvgIpc) is 3.37. The zero-order valence-electron chi connectivity index (χ0n) is 16.7. The van der Waals surface area contributed by atoms with Gasteiger partial charge in [-0.3, -0.25) is 4.79 Å². The molecule has 0 unspecified atom stereocenters. The van der Waals surface area contributed by atoms with E-state index in [2.05, 4.69) is 0 Å². The average molecular weight is 419 g/mol. The van der Waals surface area contributed by atoms with Gasteiger partial charge in [-0.05, 0) is 61.6 Å². The molecular formula is C23H24F3NO3. The fourth-order valence-corrected chi connectivity index (χ4v) is 4.26. The summed E-state index contributed by atoms with van der Waals surface area (Å²) in [6, 6.07) is 10.5.